The maximum absolute atomic E-state index is 14.2. The Kier molecular flexibility index (Phi) is 7.39. The summed E-state index contributed by atoms with van der Waals surface area (Å²) in [6, 6.07) is 19.8. The van der Waals surface area contributed by atoms with Gasteiger partial charge in [0.15, 0.2) is 6.04 Å². The molecule has 0 saturated carbocycles. The predicted molar refractivity (Wildman–Crippen MR) is 138 cm³/mol. The number of hydrogen-bond donors (Lipinski definition) is 1. The SMILES string of the molecule is CCOC(=O)C1C(CC)Nc2cc(C)c(C)cc2N1C(=O)c1ccccc1COc1ccccc1. The second-order valence-corrected chi connectivity index (χ2v) is 8.74. The van der Waals surface area contributed by atoms with Gasteiger partial charge in [0.2, 0.25) is 0 Å². The first-order valence-electron chi connectivity index (χ1n) is 12.1. The first kappa shape index (κ1) is 24.3. The van der Waals surface area contributed by atoms with Crippen LogP contribution in [0.1, 0.15) is 47.3 Å². The Balaban J connectivity index is 1.77. The predicted octanol–water partition coefficient (Wildman–Crippen LogP) is 5.67. The maximum atomic E-state index is 14.2. The number of carbonyl (C=O) groups is 2. The molecule has 0 spiro atoms. The Morgan fingerprint density at radius 3 is 2.34 bits per heavy atom. The lowest BCUT2D eigenvalue weighted by molar-refractivity contribution is -0.145. The molecule has 6 heteroatoms. The van der Waals surface area contributed by atoms with E-state index in [-0.39, 0.29) is 25.2 Å². The first-order valence-corrected chi connectivity index (χ1v) is 12.1. The molecular weight excluding hydrogens is 440 g/mol. The van der Waals surface area contributed by atoms with E-state index in [0.29, 0.717) is 17.7 Å². The number of aryl methyl sites for hydroxylation is 2. The van der Waals surface area contributed by atoms with E-state index < -0.39 is 12.0 Å². The number of esters is 1. The van der Waals surface area contributed by atoms with Crippen molar-refractivity contribution in [2.75, 3.05) is 16.8 Å². The van der Waals surface area contributed by atoms with E-state index in [1.54, 1.807) is 17.9 Å². The fourth-order valence-electron chi connectivity index (χ4n) is 4.45. The molecule has 1 N–H and O–H groups in total. The van der Waals surface area contributed by atoms with Gasteiger partial charge in [0.25, 0.3) is 5.91 Å². The number of hydrogen-bond acceptors (Lipinski definition) is 5. The number of nitrogens with one attached hydrogen (secondary N) is 1. The molecule has 182 valence electrons. The van der Waals surface area contributed by atoms with Gasteiger partial charge in [-0.25, -0.2) is 4.79 Å². The van der Waals surface area contributed by atoms with Gasteiger partial charge < -0.3 is 14.8 Å². The Labute approximate surface area is 206 Å². The average Bonchev–Trinajstić information content (AvgIpc) is 2.87. The number of amides is 1. The van der Waals surface area contributed by atoms with Gasteiger partial charge in [-0.3, -0.25) is 9.69 Å². The van der Waals surface area contributed by atoms with Crippen molar-refractivity contribution in [3.05, 3.63) is 89.0 Å². The molecule has 0 aliphatic carbocycles. The average molecular weight is 473 g/mol. The minimum Gasteiger partial charge on any atom is -0.489 e. The highest BCUT2D eigenvalue weighted by Gasteiger charge is 2.43. The van der Waals surface area contributed by atoms with Crippen LogP contribution in [0.15, 0.2) is 66.7 Å². The van der Waals surface area contributed by atoms with Crippen LogP contribution in [0.3, 0.4) is 0 Å². The van der Waals surface area contributed by atoms with E-state index in [1.165, 1.54) is 0 Å². The third kappa shape index (κ3) is 5.02. The lowest BCUT2D eigenvalue weighted by atomic mass is 9.94. The number of nitrogens with zero attached hydrogens (tertiary/aromatic N) is 1. The molecule has 0 radical (unpaired) electrons. The molecule has 4 rings (SSSR count). The standard InChI is InChI=1S/C29H32N2O4/c1-5-24-27(29(33)34-6-2)31(26-17-20(4)19(3)16-25(26)30-24)28(32)23-15-11-10-12-21(23)18-35-22-13-8-7-9-14-22/h7-17,24,27,30H,5-6,18H2,1-4H3. The number of benzene rings is 3. The molecule has 3 aromatic rings. The van der Waals surface area contributed by atoms with Crippen molar-refractivity contribution < 1.29 is 19.1 Å². The van der Waals surface area contributed by atoms with Gasteiger partial charge in [-0.2, -0.15) is 0 Å². The molecule has 2 atom stereocenters. The van der Waals surface area contributed by atoms with E-state index in [9.17, 15) is 9.59 Å². The molecule has 1 aliphatic heterocycles. The highest BCUT2D eigenvalue weighted by Crippen LogP contribution is 2.38. The van der Waals surface area contributed by atoms with Gasteiger partial charge >= 0.3 is 5.97 Å². The van der Waals surface area contributed by atoms with Crippen LogP contribution in [-0.2, 0) is 16.1 Å². The number of rotatable bonds is 7. The molecule has 1 aliphatic rings. The molecule has 1 heterocycles. The second kappa shape index (κ2) is 10.6. The molecule has 6 nitrogen and oxygen atoms in total. The summed E-state index contributed by atoms with van der Waals surface area (Å²) >= 11 is 0. The van der Waals surface area contributed by atoms with Gasteiger partial charge in [-0.15, -0.1) is 0 Å². The quantitative estimate of drug-likeness (QED) is 0.449. The lowest BCUT2D eigenvalue weighted by Crippen LogP contribution is -2.58. The van der Waals surface area contributed by atoms with E-state index >= 15 is 0 Å². The molecule has 0 bridgehead atoms. The first-order chi connectivity index (χ1) is 16.9. The molecule has 2 unspecified atom stereocenters. The number of ether oxygens (including phenoxy) is 2. The minimum atomic E-state index is -0.787. The normalized spacial score (nSPS) is 16.7. The van der Waals surface area contributed by atoms with E-state index in [2.05, 4.69) is 5.32 Å². The van der Waals surface area contributed by atoms with Gasteiger partial charge in [0, 0.05) is 11.1 Å². The van der Waals surface area contributed by atoms with Crippen molar-refractivity contribution in [2.45, 2.75) is 52.8 Å². The number of anilines is 2. The Hall–Kier alpha value is -3.80. The van der Waals surface area contributed by atoms with Crippen LogP contribution in [0.25, 0.3) is 0 Å². The number of fused-ring (bicyclic) bond motifs is 1. The van der Waals surface area contributed by atoms with Crippen molar-refractivity contribution in [1.82, 2.24) is 0 Å². The molecule has 3 aromatic carbocycles. The smallest absolute Gasteiger partial charge is 0.331 e. The van der Waals surface area contributed by atoms with Crippen molar-refractivity contribution in [1.29, 1.82) is 0 Å². The largest absolute Gasteiger partial charge is 0.489 e. The monoisotopic (exact) mass is 472 g/mol. The topological polar surface area (TPSA) is 67.9 Å². The van der Waals surface area contributed by atoms with Crippen LogP contribution in [0.5, 0.6) is 5.75 Å². The number of carbonyl (C=O) groups excluding carboxylic acids is 2. The maximum Gasteiger partial charge on any atom is 0.331 e. The highest BCUT2D eigenvalue weighted by atomic mass is 16.5. The van der Waals surface area contributed by atoms with Gasteiger partial charge in [0.05, 0.1) is 24.0 Å². The molecule has 0 aromatic heterocycles. The summed E-state index contributed by atoms with van der Waals surface area (Å²) in [7, 11) is 0. The lowest BCUT2D eigenvalue weighted by Gasteiger charge is -2.42. The summed E-state index contributed by atoms with van der Waals surface area (Å²) in [5, 5.41) is 3.48. The van der Waals surface area contributed by atoms with Crippen molar-refractivity contribution in [3.63, 3.8) is 0 Å². The fourth-order valence-corrected chi connectivity index (χ4v) is 4.45. The fraction of sp³-hybridized carbons (Fsp3) is 0.310. The zero-order valence-electron chi connectivity index (χ0n) is 20.7. The number of para-hydroxylation sites is 1. The van der Waals surface area contributed by atoms with Gasteiger partial charge in [-0.05, 0) is 68.7 Å². The summed E-state index contributed by atoms with van der Waals surface area (Å²) < 4.78 is 11.4. The van der Waals surface area contributed by atoms with Crippen molar-refractivity contribution in [3.8, 4) is 5.75 Å². The summed E-state index contributed by atoms with van der Waals surface area (Å²) in [6.45, 7) is 8.30. The molecule has 1 amide bonds. The van der Waals surface area contributed by atoms with Crippen LogP contribution in [-0.4, -0.2) is 30.6 Å². The summed E-state index contributed by atoms with van der Waals surface area (Å²) in [5.41, 5.74) is 4.93. The van der Waals surface area contributed by atoms with Crippen LogP contribution in [0.4, 0.5) is 11.4 Å². The van der Waals surface area contributed by atoms with Crippen LogP contribution < -0.4 is 15.0 Å². The molecule has 0 saturated heterocycles. The summed E-state index contributed by atoms with van der Waals surface area (Å²) in [6.07, 6.45) is 0.651. The zero-order valence-corrected chi connectivity index (χ0v) is 20.7. The van der Waals surface area contributed by atoms with Crippen molar-refractivity contribution in [2.24, 2.45) is 0 Å². The Morgan fingerprint density at radius 1 is 0.943 bits per heavy atom. The third-order valence-electron chi connectivity index (χ3n) is 6.44. The minimum absolute atomic E-state index is 0.235. The summed E-state index contributed by atoms with van der Waals surface area (Å²) in [5.74, 6) is 0.0608. The molecule has 35 heavy (non-hydrogen) atoms. The molecule has 0 fully saturated rings. The Morgan fingerprint density at radius 2 is 1.63 bits per heavy atom. The van der Waals surface area contributed by atoms with E-state index in [0.717, 1.165) is 28.1 Å². The van der Waals surface area contributed by atoms with Crippen LogP contribution in [0.2, 0.25) is 0 Å². The zero-order chi connectivity index (χ0) is 24.9. The van der Waals surface area contributed by atoms with Crippen LogP contribution >= 0.6 is 0 Å². The van der Waals surface area contributed by atoms with E-state index in [1.807, 2.05) is 81.4 Å². The van der Waals surface area contributed by atoms with Gasteiger partial charge in [0.1, 0.15) is 12.4 Å². The Bertz CT molecular complexity index is 1210. The van der Waals surface area contributed by atoms with E-state index in [4.69, 9.17) is 9.47 Å². The summed E-state index contributed by atoms with van der Waals surface area (Å²) in [4.78, 5) is 29.0. The van der Waals surface area contributed by atoms with Gasteiger partial charge in [-0.1, -0.05) is 43.3 Å². The highest BCUT2D eigenvalue weighted by molar-refractivity contribution is 6.12. The van der Waals surface area contributed by atoms with Crippen LogP contribution in [0, 0.1) is 13.8 Å². The third-order valence-corrected chi connectivity index (χ3v) is 6.44. The molecular formula is C29H32N2O4. The van der Waals surface area contributed by atoms with Crippen molar-refractivity contribution >= 4 is 23.3 Å². The second-order valence-electron chi connectivity index (χ2n) is 8.74.